The minimum atomic E-state index is -0.0165. The molecular formula is C58H62N4OPt-2. The van der Waals surface area contributed by atoms with Gasteiger partial charge in [0, 0.05) is 44.3 Å². The van der Waals surface area contributed by atoms with Gasteiger partial charge in [-0.3, -0.25) is 4.57 Å². The van der Waals surface area contributed by atoms with E-state index in [1.807, 2.05) is 18.3 Å². The molecule has 332 valence electrons. The SMILES string of the molecule is CCC1(CC)CC(C)(C)c2c1cc1c(c2-[n+]2[c-]n(-c3[c-]c(Oc4[c-]c5c(cc4)c4ccccc4n5-c4cc(C(C)(C)C)ccn4)ccc3)c3ccccc32)C(C)(C)CC1(CC)CC.[Pt]. The van der Waals surface area contributed by atoms with Gasteiger partial charge in [0.1, 0.15) is 5.82 Å². The monoisotopic (exact) mass is 1030 g/mol. The molecule has 0 saturated heterocycles. The second kappa shape index (κ2) is 15.6. The van der Waals surface area contributed by atoms with E-state index < -0.39 is 0 Å². The molecule has 0 amide bonds. The van der Waals surface area contributed by atoms with Gasteiger partial charge < -0.3 is 13.9 Å². The van der Waals surface area contributed by atoms with Crippen LogP contribution in [0.1, 0.15) is 143 Å². The number of nitrogens with zero attached hydrogens (tertiary/aromatic N) is 4. The maximum absolute atomic E-state index is 6.71. The molecule has 6 heteroatoms. The molecule has 0 unspecified atom stereocenters. The van der Waals surface area contributed by atoms with Gasteiger partial charge in [0.25, 0.3) is 6.33 Å². The van der Waals surface area contributed by atoms with Crippen LogP contribution in [0, 0.1) is 18.5 Å². The van der Waals surface area contributed by atoms with Crippen molar-refractivity contribution in [3.05, 3.63) is 150 Å². The number of benzene rings is 5. The second-order valence-corrected chi connectivity index (χ2v) is 21.0. The van der Waals surface area contributed by atoms with E-state index in [1.54, 1.807) is 11.1 Å². The molecule has 0 radical (unpaired) electrons. The van der Waals surface area contributed by atoms with Gasteiger partial charge in [-0.2, -0.15) is 18.2 Å². The number of imidazole rings is 1. The first kappa shape index (κ1) is 44.2. The van der Waals surface area contributed by atoms with Crippen molar-refractivity contribution < 1.29 is 30.4 Å². The van der Waals surface area contributed by atoms with Crippen LogP contribution >= 0.6 is 0 Å². The summed E-state index contributed by atoms with van der Waals surface area (Å²) in [5, 5.41) is 2.26. The molecule has 2 aliphatic carbocycles. The van der Waals surface area contributed by atoms with Crippen LogP contribution in [0.2, 0.25) is 0 Å². The van der Waals surface area contributed by atoms with Gasteiger partial charge in [-0.15, -0.1) is 29.7 Å². The molecule has 64 heavy (non-hydrogen) atoms. The third kappa shape index (κ3) is 6.65. The van der Waals surface area contributed by atoms with Crippen molar-refractivity contribution in [1.82, 2.24) is 14.1 Å². The Hall–Kier alpha value is -4.99. The van der Waals surface area contributed by atoms with Gasteiger partial charge in [0.2, 0.25) is 0 Å². The van der Waals surface area contributed by atoms with Crippen LogP contribution in [-0.4, -0.2) is 14.1 Å². The standard InChI is InChI=1S/C58H62N4O.Pt/c1-12-57(13-2)35-55(8,9)51-44(57)34-45-52(56(10,11)36-58(45,14-3)15-4)53(51)61-37-60(47-25-18-19-26-48(47)61)39-21-20-22-40(32-39)63-41-27-28-43-42-23-16-17-24-46(42)62(49(43)33-41)50-31-38(29-30-59-50)54(5,6)7;/h16-31,34H,12-15,35-36H2,1-11H3;/q-2;. The van der Waals surface area contributed by atoms with E-state index in [0.717, 1.165) is 82.9 Å². The minimum Gasteiger partial charge on any atom is -0.510 e. The van der Waals surface area contributed by atoms with Crippen molar-refractivity contribution in [3.8, 4) is 28.7 Å². The molecule has 8 aromatic rings. The zero-order chi connectivity index (χ0) is 44.3. The van der Waals surface area contributed by atoms with Gasteiger partial charge in [-0.05, 0) is 123 Å². The van der Waals surface area contributed by atoms with Crippen molar-refractivity contribution in [2.24, 2.45) is 0 Å². The summed E-state index contributed by atoms with van der Waals surface area (Å²) in [7, 11) is 0. The molecule has 5 aromatic carbocycles. The summed E-state index contributed by atoms with van der Waals surface area (Å²) in [6.07, 6.45) is 12.8. The summed E-state index contributed by atoms with van der Waals surface area (Å²) in [6, 6.07) is 42.0. The summed E-state index contributed by atoms with van der Waals surface area (Å²) < 4.78 is 13.5. The zero-order valence-corrected chi connectivity index (χ0v) is 41.8. The molecule has 0 atom stereocenters. The van der Waals surface area contributed by atoms with Crippen molar-refractivity contribution in [1.29, 1.82) is 0 Å². The van der Waals surface area contributed by atoms with Crippen LogP contribution in [0.5, 0.6) is 11.5 Å². The average molecular weight is 1030 g/mol. The molecule has 5 nitrogen and oxygen atoms in total. The quantitative estimate of drug-likeness (QED) is 0.107. The van der Waals surface area contributed by atoms with E-state index in [2.05, 4.69) is 193 Å². The third-order valence-electron chi connectivity index (χ3n) is 15.5. The number of para-hydroxylation sites is 3. The number of aromatic nitrogens is 4. The number of hydrogen-bond donors (Lipinski definition) is 0. The number of fused-ring (bicyclic) bond motifs is 6. The molecule has 3 aromatic heterocycles. The molecule has 0 aliphatic heterocycles. The largest absolute Gasteiger partial charge is 0.510 e. The van der Waals surface area contributed by atoms with E-state index in [0.29, 0.717) is 11.5 Å². The molecule has 10 rings (SSSR count). The van der Waals surface area contributed by atoms with Gasteiger partial charge >= 0.3 is 0 Å². The van der Waals surface area contributed by atoms with Crippen LogP contribution in [0.15, 0.2) is 103 Å². The Kier molecular flexibility index (Phi) is 10.8. The van der Waals surface area contributed by atoms with Crippen molar-refractivity contribution >= 4 is 32.8 Å². The van der Waals surface area contributed by atoms with Gasteiger partial charge in [-0.25, -0.2) is 4.98 Å². The van der Waals surface area contributed by atoms with Crippen LogP contribution in [-0.2, 0) is 48.1 Å². The van der Waals surface area contributed by atoms with E-state index in [9.17, 15) is 0 Å². The van der Waals surface area contributed by atoms with E-state index in [4.69, 9.17) is 9.72 Å². The predicted molar refractivity (Wildman–Crippen MR) is 258 cm³/mol. The van der Waals surface area contributed by atoms with Gasteiger partial charge in [-0.1, -0.05) is 130 Å². The first-order chi connectivity index (χ1) is 30.1. The fourth-order valence-electron chi connectivity index (χ4n) is 12.2. The molecule has 0 saturated carbocycles. The normalized spacial score (nSPS) is 16.9. The Morgan fingerprint density at radius 2 is 1.28 bits per heavy atom. The molecule has 0 fully saturated rings. The van der Waals surface area contributed by atoms with E-state index in [1.165, 1.54) is 22.4 Å². The molecular weight excluding hydrogens is 964 g/mol. The zero-order valence-electron chi connectivity index (χ0n) is 39.6. The Labute approximate surface area is 395 Å². The van der Waals surface area contributed by atoms with Gasteiger partial charge in [0.05, 0.1) is 16.7 Å². The average Bonchev–Trinajstić information content (AvgIpc) is 3.96. The Morgan fingerprint density at radius 1 is 0.672 bits per heavy atom. The first-order valence-corrected chi connectivity index (χ1v) is 23.4. The minimum absolute atomic E-state index is 0. The Morgan fingerprint density at radius 3 is 1.92 bits per heavy atom. The topological polar surface area (TPSA) is 35.9 Å². The second-order valence-electron chi connectivity index (χ2n) is 21.0. The predicted octanol–water partition coefficient (Wildman–Crippen LogP) is 14.4. The van der Waals surface area contributed by atoms with E-state index in [-0.39, 0.29) is 48.1 Å². The fraction of sp³-hybridized carbons (Fsp3) is 0.379. The van der Waals surface area contributed by atoms with Crippen molar-refractivity contribution in [2.45, 2.75) is 142 Å². The summed E-state index contributed by atoms with van der Waals surface area (Å²) in [5.74, 6) is 2.10. The maximum Gasteiger partial charge on any atom is 0.268 e. The van der Waals surface area contributed by atoms with Crippen LogP contribution in [0.3, 0.4) is 0 Å². The summed E-state index contributed by atoms with van der Waals surface area (Å²) in [6.45, 7) is 26.3. The fourth-order valence-corrected chi connectivity index (χ4v) is 12.2. The number of ether oxygens (including phenoxy) is 1. The van der Waals surface area contributed by atoms with Crippen LogP contribution in [0.25, 0.3) is 50.0 Å². The molecule has 3 heterocycles. The van der Waals surface area contributed by atoms with Crippen molar-refractivity contribution in [3.63, 3.8) is 0 Å². The molecule has 0 bridgehead atoms. The first-order valence-electron chi connectivity index (χ1n) is 23.4. The number of hydrogen-bond acceptors (Lipinski definition) is 2. The molecule has 0 N–H and O–H groups in total. The molecule has 0 spiro atoms. The third-order valence-corrected chi connectivity index (χ3v) is 15.5. The number of pyridine rings is 1. The number of rotatable bonds is 9. The van der Waals surface area contributed by atoms with Gasteiger partial charge in [0.15, 0.2) is 0 Å². The smallest absolute Gasteiger partial charge is 0.268 e. The maximum atomic E-state index is 6.71. The molecule has 2 aliphatic rings. The Bertz CT molecular complexity index is 3040. The summed E-state index contributed by atoms with van der Waals surface area (Å²) in [5.41, 5.74) is 14.1. The Balaban J connectivity index is 0.00000518. The summed E-state index contributed by atoms with van der Waals surface area (Å²) in [4.78, 5) is 4.88. The van der Waals surface area contributed by atoms with Crippen molar-refractivity contribution in [2.75, 3.05) is 0 Å². The van der Waals surface area contributed by atoms with Crippen LogP contribution in [0.4, 0.5) is 0 Å². The van der Waals surface area contributed by atoms with Crippen LogP contribution < -0.4 is 9.30 Å². The van der Waals surface area contributed by atoms with E-state index >= 15 is 0 Å². The summed E-state index contributed by atoms with van der Waals surface area (Å²) >= 11 is 0.